The minimum absolute atomic E-state index is 0.0548. The summed E-state index contributed by atoms with van der Waals surface area (Å²) >= 11 is 0. The van der Waals surface area contributed by atoms with Gasteiger partial charge in [0.2, 0.25) is 5.91 Å². The SMILES string of the molecule is CC(C)CC(N)C(=O)NCCn1cccc1. The van der Waals surface area contributed by atoms with Gasteiger partial charge >= 0.3 is 0 Å². The molecule has 0 fully saturated rings. The lowest BCUT2D eigenvalue weighted by atomic mass is 10.0. The van der Waals surface area contributed by atoms with E-state index in [1.54, 1.807) is 0 Å². The average Bonchev–Trinajstić information content (AvgIpc) is 2.69. The van der Waals surface area contributed by atoms with Crippen molar-refractivity contribution in [3.8, 4) is 0 Å². The first-order valence-corrected chi connectivity index (χ1v) is 5.73. The molecule has 4 nitrogen and oxygen atoms in total. The fourth-order valence-electron chi connectivity index (χ4n) is 1.57. The molecule has 1 unspecified atom stereocenters. The van der Waals surface area contributed by atoms with Crippen LogP contribution in [0.5, 0.6) is 0 Å². The predicted molar refractivity (Wildman–Crippen MR) is 64.9 cm³/mol. The van der Waals surface area contributed by atoms with Crippen LogP contribution < -0.4 is 11.1 Å². The van der Waals surface area contributed by atoms with Crippen molar-refractivity contribution < 1.29 is 4.79 Å². The van der Waals surface area contributed by atoms with Crippen LogP contribution in [0.1, 0.15) is 20.3 Å². The van der Waals surface area contributed by atoms with Crippen LogP contribution in [0.2, 0.25) is 0 Å². The van der Waals surface area contributed by atoms with Crippen LogP contribution in [-0.2, 0) is 11.3 Å². The molecule has 0 bridgehead atoms. The Kier molecular flexibility index (Phi) is 5.05. The number of hydrogen-bond acceptors (Lipinski definition) is 2. The van der Waals surface area contributed by atoms with Gasteiger partial charge in [-0.15, -0.1) is 0 Å². The lowest BCUT2D eigenvalue weighted by Crippen LogP contribution is -2.42. The van der Waals surface area contributed by atoms with Gasteiger partial charge in [0.1, 0.15) is 0 Å². The zero-order valence-electron chi connectivity index (χ0n) is 10.0. The summed E-state index contributed by atoms with van der Waals surface area (Å²) in [5, 5.41) is 2.84. The number of rotatable bonds is 6. The van der Waals surface area contributed by atoms with E-state index in [-0.39, 0.29) is 11.9 Å². The lowest BCUT2D eigenvalue weighted by molar-refractivity contribution is -0.122. The fraction of sp³-hybridized carbons (Fsp3) is 0.583. The van der Waals surface area contributed by atoms with Crippen LogP contribution in [-0.4, -0.2) is 23.1 Å². The van der Waals surface area contributed by atoms with E-state index in [9.17, 15) is 4.79 Å². The normalized spacial score (nSPS) is 12.8. The minimum atomic E-state index is -0.385. The molecular weight excluding hydrogens is 202 g/mol. The van der Waals surface area contributed by atoms with Crippen LogP contribution >= 0.6 is 0 Å². The molecular formula is C12H21N3O. The second-order valence-corrected chi connectivity index (χ2v) is 4.45. The molecule has 3 N–H and O–H groups in total. The van der Waals surface area contributed by atoms with Crippen molar-refractivity contribution in [3.63, 3.8) is 0 Å². The number of hydrogen-bond donors (Lipinski definition) is 2. The summed E-state index contributed by atoms with van der Waals surface area (Å²) in [6.45, 7) is 5.53. The summed E-state index contributed by atoms with van der Waals surface area (Å²) in [5.41, 5.74) is 5.76. The molecule has 1 amide bonds. The molecule has 0 aromatic carbocycles. The minimum Gasteiger partial charge on any atom is -0.353 e. The summed E-state index contributed by atoms with van der Waals surface area (Å²) in [5.74, 6) is 0.394. The molecule has 1 aromatic heterocycles. The molecule has 0 saturated heterocycles. The van der Waals surface area contributed by atoms with Crippen molar-refractivity contribution in [1.29, 1.82) is 0 Å². The number of carbonyl (C=O) groups excluding carboxylic acids is 1. The van der Waals surface area contributed by atoms with Crippen LogP contribution in [0.3, 0.4) is 0 Å². The molecule has 4 heteroatoms. The summed E-state index contributed by atoms with van der Waals surface area (Å²) in [4.78, 5) is 11.6. The molecule has 1 atom stereocenters. The summed E-state index contributed by atoms with van der Waals surface area (Å²) in [6, 6.07) is 3.54. The van der Waals surface area contributed by atoms with E-state index in [1.165, 1.54) is 0 Å². The van der Waals surface area contributed by atoms with E-state index < -0.39 is 0 Å². The number of nitrogens with one attached hydrogen (secondary N) is 1. The van der Waals surface area contributed by atoms with Gasteiger partial charge in [0.05, 0.1) is 6.04 Å². The molecule has 1 aromatic rings. The highest BCUT2D eigenvalue weighted by Crippen LogP contribution is 2.02. The van der Waals surface area contributed by atoms with Crippen LogP contribution in [0.25, 0.3) is 0 Å². The van der Waals surface area contributed by atoms with Gasteiger partial charge in [0.15, 0.2) is 0 Å². The molecule has 90 valence electrons. The van der Waals surface area contributed by atoms with Crippen LogP contribution in [0.4, 0.5) is 0 Å². The molecule has 1 heterocycles. The van der Waals surface area contributed by atoms with E-state index >= 15 is 0 Å². The Hall–Kier alpha value is -1.29. The van der Waals surface area contributed by atoms with Gasteiger partial charge in [-0.1, -0.05) is 13.8 Å². The van der Waals surface area contributed by atoms with Gasteiger partial charge in [-0.05, 0) is 24.5 Å². The molecule has 0 saturated carbocycles. The van der Waals surface area contributed by atoms with Gasteiger partial charge < -0.3 is 15.6 Å². The van der Waals surface area contributed by atoms with Crippen molar-refractivity contribution in [2.24, 2.45) is 11.7 Å². The molecule has 0 aliphatic rings. The number of amides is 1. The highest BCUT2D eigenvalue weighted by Gasteiger charge is 2.13. The zero-order chi connectivity index (χ0) is 12.0. The summed E-state index contributed by atoms with van der Waals surface area (Å²) in [7, 11) is 0. The van der Waals surface area contributed by atoms with Crippen molar-refractivity contribution in [2.75, 3.05) is 6.54 Å². The number of nitrogens with two attached hydrogens (primary N) is 1. The zero-order valence-corrected chi connectivity index (χ0v) is 10.0. The first-order chi connectivity index (χ1) is 7.59. The Morgan fingerprint density at radius 2 is 2.00 bits per heavy atom. The van der Waals surface area contributed by atoms with Crippen molar-refractivity contribution in [1.82, 2.24) is 9.88 Å². The van der Waals surface area contributed by atoms with Gasteiger partial charge in [-0.3, -0.25) is 4.79 Å². The van der Waals surface area contributed by atoms with E-state index in [0.29, 0.717) is 12.5 Å². The Balaban J connectivity index is 2.19. The van der Waals surface area contributed by atoms with Crippen molar-refractivity contribution in [2.45, 2.75) is 32.9 Å². The maximum atomic E-state index is 11.6. The smallest absolute Gasteiger partial charge is 0.236 e. The van der Waals surface area contributed by atoms with Crippen molar-refractivity contribution >= 4 is 5.91 Å². The van der Waals surface area contributed by atoms with Gasteiger partial charge in [-0.25, -0.2) is 0 Å². The third-order valence-electron chi connectivity index (χ3n) is 2.40. The molecule has 0 aliphatic carbocycles. The Bertz CT molecular complexity index is 306. The fourth-order valence-corrected chi connectivity index (χ4v) is 1.57. The van der Waals surface area contributed by atoms with Gasteiger partial charge in [0.25, 0.3) is 0 Å². The third kappa shape index (κ3) is 4.49. The van der Waals surface area contributed by atoms with Crippen LogP contribution in [0.15, 0.2) is 24.5 Å². The first kappa shape index (κ1) is 12.8. The topological polar surface area (TPSA) is 60.1 Å². The van der Waals surface area contributed by atoms with E-state index in [1.807, 2.05) is 29.1 Å². The monoisotopic (exact) mass is 223 g/mol. The summed E-state index contributed by atoms with van der Waals surface area (Å²) < 4.78 is 2.02. The lowest BCUT2D eigenvalue weighted by Gasteiger charge is -2.14. The highest BCUT2D eigenvalue weighted by atomic mass is 16.2. The predicted octanol–water partition coefficient (Wildman–Crippen LogP) is 0.978. The molecule has 0 spiro atoms. The van der Waals surface area contributed by atoms with Crippen LogP contribution in [0, 0.1) is 5.92 Å². The molecule has 16 heavy (non-hydrogen) atoms. The summed E-state index contributed by atoms with van der Waals surface area (Å²) in [6.07, 6.45) is 4.68. The number of aromatic nitrogens is 1. The quantitative estimate of drug-likeness (QED) is 0.755. The van der Waals surface area contributed by atoms with E-state index in [4.69, 9.17) is 5.73 Å². The van der Waals surface area contributed by atoms with Gasteiger partial charge in [-0.2, -0.15) is 0 Å². The molecule has 0 aliphatic heterocycles. The second kappa shape index (κ2) is 6.33. The largest absolute Gasteiger partial charge is 0.353 e. The third-order valence-corrected chi connectivity index (χ3v) is 2.40. The number of carbonyl (C=O) groups is 1. The standard InChI is InChI=1S/C12H21N3O/c1-10(2)9-11(13)12(16)14-5-8-15-6-3-4-7-15/h3-4,6-7,10-11H,5,8-9,13H2,1-2H3,(H,14,16). The number of nitrogens with zero attached hydrogens (tertiary/aromatic N) is 1. The average molecular weight is 223 g/mol. The van der Waals surface area contributed by atoms with Gasteiger partial charge in [0, 0.05) is 25.5 Å². The highest BCUT2D eigenvalue weighted by molar-refractivity contribution is 5.81. The van der Waals surface area contributed by atoms with Crippen molar-refractivity contribution in [3.05, 3.63) is 24.5 Å². The molecule has 1 rings (SSSR count). The Morgan fingerprint density at radius 3 is 2.56 bits per heavy atom. The maximum Gasteiger partial charge on any atom is 0.236 e. The van der Waals surface area contributed by atoms with E-state index in [2.05, 4.69) is 19.2 Å². The Morgan fingerprint density at radius 1 is 1.38 bits per heavy atom. The maximum absolute atomic E-state index is 11.6. The molecule has 0 radical (unpaired) electrons. The first-order valence-electron chi connectivity index (χ1n) is 5.73. The van der Waals surface area contributed by atoms with E-state index in [0.717, 1.165) is 13.0 Å². The second-order valence-electron chi connectivity index (χ2n) is 4.45. The Labute approximate surface area is 96.8 Å².